The van der Waals surface area contributed by atoms with E-state index >= 15 is 0 Å². The third-order valence-corrected chi connectivity index (χ3v) is 7.41. The standard InChI is InChI=1S/C18H25NO3/c1-8-9-12(20)19-13-14(22-15(19)21)18(7)11(3)10(2)17(13,6)16(18,4)5/h8-9,13-14H,1-7H3/b9-8+/t13-,14+,17-,18+/m1/s1. The molecule has 120 valence electrons. The molecule has 1 saturated carbocycles. The summed E-state index contributed by atoms with van der Waals surface area (Å²) in [5.41, 5.74) is 2.00. The van der Waals surface area contributed by atoms with Gasteiger partial charge in [0.25, 0.3) is 5.91 Å². The zero-order chi connectivity index (χ0) is 16.7. The van der Waals surface area contributed by atoms with Gasteiger partial charge in [-0.3, -0.25) is 4.79 Å². The number of amides is 2. The average Bonchev–Trinajstić information content (AvgIpc) is 2.89. The van der Waals surface area contributed by atoms with Gasteiger partial charge in [0.2, 0.25) is 0 Å². The third kappa shape index (κ3) is 1.23. The summed E-state index contributed by atoms with van der Waals surface area (Å²) < 4.78 is 5.72. The predicted octanol–water partition coefficient (Wildman–Crippen LogP) is 3.68. The Bertz CT molecular complexity index is 645. The number of carbonyl (C=O) groups is 2. The summed E-state index contributed by atoms with van der Waals surface area (Å²) in [6.45, 7) is 14.9. The van der Waals surface area contributed by atoms with Crippen molar-refractivity contribution in [1.29, 1.82) is 0 Å². The van der Waals surface area contributed by atoms with Crippen LogP contribution in [0.3, 0.4) is 0 Å². The molecule has 0 aromatic heterocycles. The minimum Gasteiger partial charge on any atom is -0.443 e. The summed E-state index contributed by atoms with van der Waals surface area (Å²) in [4.78, 5) is 26.1. The Hall–Kier alpha value is -1.58. The van der Waals surface area contributed by atoms with Gasteiger partial charge in [0.1, 0.15) is 6.10 Å². The van der Waals surface area contributed by atoms with E-state index in [0.717, 1.165) is 0 Å². The monoisotopic (exact) mass is 303 g/mol. The van der Waals surface area contributed by atoms with E-state index in [4.69, 9.17) is 4.74 Å². The molecule has 4 heteroatoms. The van der Waals surface area contributed by atoms with Gasteiger partial charge in [-0.15, -0.1) is 0 Å². The topological polar surface area (TPSA) is 46.6 Å². The molecule has 3 rings (SSSR count). The molecule has 4 nitrogen and oxygen atoms in total. The molecule has 22 heavy (non-hydrogen) atoms. The second kappa shape index (κ2) is 4.03. The summed E-state index contributed by atoms with van der Waals surface area (Å²) in [5, 5.41) is 0. The number of allylic oxidation sites excluding steroid dienone is 1. The molecule has 1 heterocycles. The van der Waals surface area contributed by atoms with Gasteiger partial charge in [-0.25, -0.2) is 9.69 Å². The largest absolute Gasteiger partial charge is 0.443 e. The van der Waals surface area contributed by atoms with E-state index in [0.29, 0.717) is 0 Å². The maximum Gasteiger partial charge on any atom is 0.417 e. The molecule has 0 aromatic rings. The van der Waals surface area contributed by atoms with Crippen molar-refractivity contribution in [2.75, 3.05) is 0 Å². The fourth-order valence-corrected chi connectivity index (χ4v) is 5.34. The summed E-state index contributed by atoms with van der Waals surface area (Å²) in [7, 11) is 0. The molecule has 2 aliphatic carbocycles. The third-order valence-electron chi connectivity index (χ3n) is 7.41. The van der Waals surface area contributed by atoms with E-state index < -0.39 is 6.09 Å². The van der Waals surface area contributed by atoms with Crippen LogP contribution >= 0.6 is 0 Å². The molecule has 1 aliphatic heterocycles. The quantitative estimate of drug-likeness (QED) is 0.548. The van der Waals surface area contributed by atoms with Gasteiger partial charge >= 0.3 is 6.09 Å². The highest BCUT2D eigenvalue weighted by Crippen LogP contribution is 2.76. The Morgan fingerprint density at radius 3 is 2.23 bits per heavy atom. The summed E-state index contributed by atoms with van der Waals surface area (Å²) >= 11 is 0. The van der Waals surface area contributed by atoms with Crippen molar-refractivity contribution in [2.45, 2.75) is 60.6 Å². The molecular weight excluding hydrogens is 278 g/mol. The van der Waals surface area contributed by atoms with E-state index in [1.807, 2.05) is 0 Å². The molecule has 0 unspecified atom stereocenters. The summed E-state index contributed by atoms with van der Waals surface area (Å²) in [6.07, 6.45) is 2.34. The molecule has 2 amide bonds. The first kappa shape index (κ1) is 15.3. The lowest BCUT2D eigenvalue weighted by atomic mass is 9.62. The van der Waals surface area contributed by atoms with E-state index in [1.165, 1.54) is 22.1 Å². The van der Waals surface area contributed by atoms with Crippen LogP contribution in [0.5, 0.6) is 0 Å². The zero-order valence-electron chi connectivity index (χ0n) is 14.5. The van der Waals surface area contributed by atoms with Gasteiger partial charge < -0.3 is 4.74 Å². The Morgan fingerprint density at radius 1 is 1.14 bits per heavy atom. The molecule has 2 bridgehead atoms. The van der Waals surface area contributed by atoms with Gasteiger partial charge in [-0.1, -0.05) is 44.9 Å². The minimum atomic E-state index is -0.506. The molecule has 1 saturated heterocycles. The number of ether oxygens (including phenoxy) is 1. The van der Waals surface area contributed by atoms with Gasteiger partial charge in [0.05, 0.1) is 6.04 Å². The van der Waals surface area contributed by atoms with Crippen LogP contribution in [0.25, 0.3) is 0 Å². The van der Waals surface area contributed by atoms with E-state index in [9.17, 15) is 9.59 Å². The maximum absolute atomic E-state index is 12.4. The van der Waals surface area contributed by atoms with Gasteiger partial charge in [-0.05, 0) is 32.3 Å². The molecule has 4 atom stereocenters. The fourth-order valence-electron chi connectivity index (χ4n) is 5.34. The van der Waals surface area contributed by atoms with Crippen LogP contribution < -0.4 is 0 Å². The van der Waals surface area contributed by atoms with Crippen molar-refractivity contribution in [3.8, 4) is 0 Å². The second-order valence-corrected chi connectivity index (χ2v) is 7.74. The minimum absolute atomic E-state index is 0.0847. The molecule has 2 fully saturated rings. The zero-order valence-corrected chi connectivity index (χ0v) is 14.5. The van der Waals surface area contributed by atoms with Gasteiger partial charge in [-0.2, -0.15) is 0 Å². The average molecular weight is 303 g/mol. The first-order chi connectivity index (χ1) is 10.1. The Balaban J connectivity index is 2.21. The van der Waals surface area contributed by atoms with Gasteiger partial charge in [0, 0.05) is 10.8 Å². The molecule has 0 radical (unpaired) electrons. The van der Waals surface area contributed by atoms with Crippen molar-refractivity contribution in [1.82, 2.24) is 4.90 Å². The SMILES string of the molecule is C/C=C/C(=O)N1C(=O)O[C@H]2[C@@H]1[C@@]1(C)C(C)=C(C)[C@]2(C)C1(C)C. The Labute approximate surface area is 132 Å². The van der Waals surface area contributed by atoms with Gasteiger partial charge in [0.15, 0.2) is 0 Å². The second-order valence-electron chi connectivity index (χ2n) is 7.74. The molecular formula is C18H25NO3. The van der Waals surface area contributed by atoms with Crippen molar-refractivity contribution >= 4 is 12.0 Å². The number of imide groups is 1. The van der Waals surface area contributed by atoms with Crippen molar-refractivity contribution < 1.29 is 14.3 Å². The number of rotatable bonds is 1. The lowest BCUT2D eigenvalue weighted by molar-refractivity contribution is -0.125. The van der Waals surface area contributed by atoms with E-state index in [2.05, 4.69) is 41.5 Å². The summed E-state index contributed by atoms with van der Waals surface area (Å²) in [5.74, 6) is -0.279. The number of nitrogens with zero attached hydrogens (tertiary/aromatic N) is 1. The van der Waals surface area contributed by atoms with E-state index in [-0.39, 0.29) is 34.3 Å². The number of carbonyl (C=O) groups excluding carboxylic acids is 2. The predicted molar refractivity (Wildman–Crippen MR) is 84.1 cm³/mol. The normalized spacial score (nSPS) is 42.3. The molecule has 3 aliphatic rings. The Morgan fingerprint density at radius 2 is 1.68 bits per heavy atom. The van der Waals surface area contributed by atoms with Crippen LogP contribution in [0, 0.1) is 16.2 Å². The van der Waals surface area contributed by atoms with E-state index in [1.54, 1.807) is 13.0 Å². The lowest BCUT2D eigenvalue weighted by Gasteiger charge is -2.43. The highest BCUT2D eigenvalue weighted by molar-refractivity contribution is 6.00. The molecule has 0 N–H and O–H groups in total. The molecule has 0 spiro atoms. The van der Waals surface area contributed by atoms with Crippen LogP contribution in [0.2, 0.25) is 0 Å². The molecule has 0 aromatic carbocycles. The van der Waals surface area contributed by atoms with Crippen LogP contribution in [0.15, 0.2) is 23.3 Å². The smallest absolute Gasteiger partial charge is 0.417 e. The van der Waals surface area contributed by atoms with Crippen LogP contribution in [-0.4, -0.2) is 29.0 Å². The Kier molecular flexibility index (Phi) is 2.81. The highest BCUT2D eigenvalue weighted by Gasteiger charge is 2.79. The van der Waals surface area contributed by atoms with Crippen molar-refractivity contribution in [3.63, 3.8) is 0 Å². The number of fused-ring (bicyclic) bond motifs is 5. The van der Waals surface area contributed by atoms with Crippen LogP contribution in [0.1, 0.15) is 48.5 Å². The summed E-state index contributed by atoms with van der Waals surface area (Å²) in [6, 6.07) is -0.229. The van der Waals surface area contributed by atoms with Crippen LogP contribution in [0.4, 0.5) is 4.79 Å². The van der Waals surface area contributed by atoms with Crippen LogP contribution in [-0.2, 0) is 9.53 Å². The number of hydrogen-bond donors (Lipinski definition) is 0. The van der Waals surface area contributed by atoms with Crippen molar-refractivity contribution in [3.05, 3.63) is 23.3 Å². The lowest BCUT2D eigenvalue weighted by Crippen LogP contribution is -2.50. The first-order valence-corrected chi connectivity index (χ1v) is 7.91. The maximum atomic E-state index is 12.4. The fraction of sp³-hybridized carbons (Fsp3) is 0.667. The highest BCUT2D eigenvalue weighted by atomic mass is 16.6. The van der Waals surface area contributed by atoms with Crippen molar-refractivity contribution in [2.24, 2.45) is 16.2 Å². The number of hydrogen-bond acceptors (Lipinski definition) is 3. The first-order valence-electron chi connectivity index (χ1n) is 7.91.